The summed E-state index contributed by atoms with van der Waals surface area (Å²) in [6.45, 7) is 9.63. The van der Waals surface area contributed by atoms with Crippen LogP contribution in [0.2, 0.25) is 0 Å². The number of benzene rings is 1. The molecule has 3 rings (SSSR count). The summed E-state index contributed by atoms with van der Waals surface area (Å²) in [5.74, 6) is 0.706. The van der Waals surface area contributed by atoms with Crippen molar-refractivity contribution in [3.8, 4) is 0 Å². The Hall–Kier alpha value is -0.820. The summed E-state index contributed by atoms with van der Waals surface area (Å²) >= 11 is 0. The van der Waals surface area contributed by atoms with E-state index in [2.05, 4.69) is 63.3 Å². The van der Waals surface area contributed by atoms with E-state index >= 15 is 0 Å². The second-order valence-corrected chi connectivity index (χ2v) is 7.95. The Bertz CT molecular complexity index is 446. The van der Waals surface area contributed by atoms with E-state index in [1.54, 1.807) is 0 Å². The minimum atomic E-state index is 0.436. The van der Waals surface area contributed by atoms with Gasteiger partial charge in [-0.3, -0.25) is 0 Å². The SMILES string of the molecule is CC1(C)C(NC2CCCCC2c2ccccc2)C1(C)C. The van der Waals surface area contributed by atoms with Crippen molar-refractivity contribution in [1.82, 2.24) is 5.32 Å². The van der Waals surface area contributed by atoms with E-state index in [-0.39, 0.29) is 0 Å². The zero-order valence-electron chi connectivity index (χ0n) is 13.4. The van der Waals surface area contributed by atoms with Crippen molar-refractivity contribution in [3.05, 3.63) is 35.9 Å². The van der Waals surface area contributed by atoms with Crippen LogP contribution < -0.4 is 5.32 Å². The van der Waals surface area contributed by atoms with E-state index < -0.39 is 0 Å². The fourth-order valence-electron chi connectivity index (χ4n) is 4.26. The van der Waals surface area contributed by atoms with E-state index in [4.69, 9.17) is 0 Å². The maximum absolute atomic E-state index is 4.02. The Kier molecular flexibility index (Phi) is 3.44. The van der Waals surface area contributed by atoms with Gasteiger partial charge in [-0.15, -0.1) is 0 Å². The highest BCUT2D eigenvalue weighted by atomic mass is 15.1. The normalized spacial score (nSPS) is 32.0. The van der Waals surface area contributed by atoms with Crippen molar-refractivity contribution in [2.45, 2.75) is 71.4 Å². The molecule has 20 heavy (non-hydrogen) atoms. The third-order valence-electron chi connectivity index (χ3n) is 6.40. The molecule has 2 aliphatic rings. The second kappa shape index (κ2) is 4.87. The molecule has 0 radical (unpaired) electrons. The predicted molar refractivity (Wildman–Crippen MR) is 85.9 cm³/mol. The van der Waals surface area contributed by atoms with Crippen LogP contribution in [0.4, 0.5) is 0 Å². The quantitative estimate of drug-likeness (QED) is 0.837. The highest BCUT2D eigenvalue weighted by Gasteiger charge is 2.65. The summed E-state index contributed by atoms with van der Waals surface area (Å²) in [5.41, 5.74) is 2.40. The minimum absolute atomic E-state index is 0.436. The van der Waals surface area contributed by atoms with Gasteiger partial charge in [0.2, 0.25) is 0 Å². The smallest absolute Gasteiger partial charge is 0.0184 e. The van der Waals surface area contributed by atoms with E-state index in [1.165, 1.54) is 31.2 Å². The van der Waals surface area contributed by atoms with E-state index in [0.29, 0.717) is 28.8 Å². The Labute approximate surface area is 124 Å². The molecule has 2 fully saturated rings. The molecule has 2 unspecified atom stereocenters. The van der Waals surface area contributed by atoms with E-state index in [0.717, 1.165) is 0 Å². The number of hydrogen-bond donors (Lipinski definition) is 1. The molecule has 1 heteroatoms. The van der Waals surface area contributed by atoms with Crippen LogP contribution in [0.25, 0.3) is 0 Å². The van der Waals surface area contributed by atoms with Crippen LogP contribution >= 0.6 is 0 Å². The molecule has 1 aromatic rings. The van der Waals surface area contributed by atoms with Crippen molar-refractivity contribution >= 4 is 0 Å². The van der Waals surface area contributed by atoms with Crippen LogP contribution in [0.1, 0.15) is 64.9 Å². The summed E-state index contributed by atoms with van der Waals surface area (Å²) in [6, 6.07) is 12.5. The van der Waals surface area contributed by atoms with Crippen molar-refractivity contribution in [3.63, 3.8) is 0 Å². The molecule has 0 heterocycles. The summed E-state index contributed by atoms with van der Waals surface area (Å²) in [6.07, 6.45) is 5.45. The van der Waals surface area contributed by atoms with Gasteiger partial charge in [-0.25, -0.2) is 0 Å². The molecule has 0 spiro atoms. The van der Waals surface area contributed by atoms with Crippen LogP contribution in [0.3, 0.4) is 0 Å². The molecule has 110 valence electrons. The van der Waals surface area contributed by atoms with Gasteiger partial charge in [0.05, 0.1) is 0 Å². The fraction of sp³-hybridized carbons (Fsp3) is 0.684. The molecule has 2 atom stereocenters. The van der Waals surface area contributed by atoms with Gasteiger partial charge in [0, 0.05) is 12.1 Å². The zero-order valence-corrected chi connectivity index (χ0v) is 13.4. The van der Waals surface area contributed by atoms with E-state index in [9.17, 15) is 0 Å². The molecule has 2 saturated carbocycles. The van der Waals surface area contributed by atoms with Crippen molar-refractivity contribution in [2.24, 2.45) is 10.8 Å². The Morgan fingerprint density at radius 2 is 1.50 bits per heavy atom. The Balaban J connectivity index is 1.74. The maximum atomic E-state index is 4.02. The lowest BCUT2D eigenvalue weighted by Gasteiger charge is -2.33. The average molecular weight is 271 g/mol. The summed E-state index contributed by atoms with van der Waals surface area (Å²) < 4.78 is 0. The first-order chi connectivity index (χ1) is 9.44. The summed E-state index contributed by atoms with van der Waals surface area (Å²) in [5, 5.41) is 4.02. The predicted octanol–water partition coefficient (Wildman–Crippen LogP) is 4.74. The Morgan fingerprint density at radius 1 is 0.900 bits per heavy atom. The highest BCUT2D eigenvalue weighted by Crippen LogP contribution is 2.63. The number of hydrogen-bond acceptors (Lipinski definition) is 1. The van der Waals surface area contributed by atoms with Gasteiger partial charge in [-0.05, 0) is 35.2 Å². The first kappa shape index (κ1) is 14.1. The molecule has 0 aromatic heterocycles. The molecular weight excluding hydrogens is 242 g/mol. The molecule has 0 saturated heterocycles. The van der Waals surface area contributed by atoms with Gasteiger partial charge in [0.25, 0.3) is 0 Å². The molecule has 1 N–H and O–H groups in total. The topological polar surface area (TPSA) is 12.0 Å². The molecule has 0 amide bonds. The molecule has 1 aromatic carbocycles. The maximum Gasteiger partial charge on any atom is 0.0184 e. The van der Waals surface area contributed by atoms with Gasteiger partial charge < -0.3 is 5.32 Å². The zero-order chi connectivity index (χ0) is 14.4. The molecule has 0 bridgehead atoms. The fourth-order valence-corrected chi connectivity index (χ4v) is 4.26. The standard InChI is InChI=1S/C19H29N/c1-18(2)17(19(18,3)4)20-16-13-9-8-12-15(16)14-10-6-5-7-11-14/h5-7,10-11,15-17,20H,8-9,12-13H2,1-4H3. The first-order valence-electron chi connectivity index (χ1n) is 8.25. The number of rotatable bonds is 3. The third kappa shape index (κ3) is 2.20. The highest BCUT2D eigenvalue weighted by molar-refractivity contribution is 5.24. The minimum Gasteiger partial charge on any atom is -0.310 e. The lowest BCUT2D eigenvalue weighted by atomic mass is 9.80. The monoisotopic (exact) mass is 271 g/mol. The van der Waals surface area contributed by atoms with Crippen LogP contribution in [-0.4, -0.2) is 12.1 Å². The molecular formula is C19H29N. The Morgan fingerprint density at radius 3 is 2.10 bits per heavy atom. The van der Waals surface area contributed by atoms with Crippen LogP contribution in [0, 0.1) is 10.8 Å². The summed E-state index contributed by atoms with van der Waals surface area (Å²) in [4.78, 5) is 0. The molecule has 1 nitrogen and oxygen atoms in total. The van der Waals surface area contributed by atoms with Crippen molar-refractivity contribution < 1.29 is 0 Å². The third-order valence-corrected chi connectivity index (χ3v) is 6.40. The van der Waals surface area contributed by atoms with Gasteiger partial charge in [0.1, 0.15) is 0 Å². The lowest BCUT2D eigenvalue weighted by molar-refractivity contribution is 0.310. The molecule has 2 aliphatic carbocycles. The van der Waals surface area contributed by atoms with Crippen LogP contribution in [0.5, 0.6) is 0 Å². The van der Waals surface area contributed by atoms with E-state index in [1.807, 2.05) is 0 Å². The average Bonchev–Trinajstić information content (AvgIpc) is 2.83. The first-order valence-corrected chi connectivity index (χ1v) is 8.25. The second-order valence-electron chi connectivity index (χ2n) is 7.95. The van der Waals surface area contributed by atoms with Gasteiger partial charge in [-0.1, -0.05) is 70.9 Å². The van der Waals surface area contributed by atoms with Crippen molar-refractivity contribution in [1.29, 1.82) is 0 Å². The van der Waals surface area contributed by atoms with Gasteiger partial charge in [0.15, 0.2) is 0 Å². The van der Waals surface area contributed by atoms with Crippen molar-refractivity contribution in [2.75, 3.05) is 0 Å². The summed E-state index contributed by atoms with van der Waals surface area (Å²) in [7, 11) is 0. The molecule has 0 aliphatic heterocycles. The van der Waals surface area contributed by atoms with Crippen LogP contribution in [-0.2, 0) is 0 Å². The van der Waals surface area contributed by atoms with Gasteiger partial charge in [-0.2, -0.15) is 0 Å². The van der Waals surface area contributed by atoms with Gasteiger partial charge >= 0.3 is 0 Å². The lowest BCUT2D eigenvalue weighted by Crippen LogP contribution is -2.40. The number of nitrogens with one attached hydrogen (secondary N) is 1. The van der Waals surface area contributed by atoms with Crippen LogP contribution in [0.15, 0.2) is 30.3 Å². The largest absolute Gasteiger partial charge is 0.310 e.